The van der Waals surface area contributed by atoms with E-state index >= 15 is 0 Å². The van der Waals surface area contributed by atoms with Crippen LogP contribution in [-0.2, 0) is 0 Å². The largest absolute Gasteiger partial charge is 0.485 e. The molecule has 0 amide bonds. The van der Waals surface area contributed by atoms with Crippen molar-refractivity contribution in [2.75, 3.05) is 6.61 Å². The fourth-order valence-corrected chi connectivity index (χ4v) is 3.83. The zero-order chi connectivity index (χ0) is 21.3. The van der Waals surface area contributed by atoms with E-state index in [1.54, 1.807) is 30.3 Å². The number of ketones is 2. The first-order valence-corrected chi connectivity index (χ1v) is 10.8. The van der Waals surface area contributed by atoms with Crippen molar-refractivity contribution in [2.45, 2.75) is 6.92 Å². The number of Topliss-reactive ketones (excluding diaryl/α,β-unsaturated/α-hetero) is 2. The van der Waals surface area contributed by atoms with Gasteiger partial charge in [0.25, 0.3) is 0 Å². The minimum Gasteiger partial charge on any atom is -0.485 e. The molecule has 1 aliphatic heterocycles. The summed E-state index contributed by atoms with van der Waals surface area (Å²) in [5.74, 6) is 0.863. The molecular formula is C24H16Br2O4. The second kappa shape index (κ2) is 8.58. The number of carbonyl (C=O) groups excluding carboxylic acids is 2. The van der Waals surface area contributed by atoms with Crippen molar-refractivity contribution in [3.8, 4) is 11.5 Å². The Bertz CT molecular complexity index is 1180. The molecule has 0 spiro atoms. The fourth-order valence-electron chi connectivity index (χ4n) is 3.16. The van der Waals surface area contributed by atoms with Crippen LogP contribution in [0, 0.1) is 6.92 Å². The molecule has 1 heterocycles. The molecule has 6 heteroatoms. The molecule has 0 aromatic heterocycles. The number of carbonyl (C=O) groups is 2. The molecule has 1 aliphatic rings. The second-order valence-electron chi connectivity index (χ2n) is 6.79. The van der Waals surface area contributed by atoms with Gasteiger partial charge in [-0.1, -0.05) is 62.2 Å². The van der Waals surface area contributed by atoms with E-state index in [1.165, 1.54) is 0 Å². The molecule has 0 atom stereocenters. The van der Waals surface area contributed by atoms with Crippen molar-refractivity contribution in [3.05, 3.63) is 97.6 Å². The van der Waals surface area contributed by atoms with Gasteiger partial charge in [-0.15, -0.1) is 0 Å². The molecule has 3 aromatic carbocycles. The first-order chi connectivity index (χ1) is 14.4. The summed E-state index contributed by atoms with van der Waals surface area (Å²) in [6.07, 6.45) is 1.71. The monoisotopic (exact) mass is 526 g/mol. The van der Waals surface area contributed by atoms with Crippen molar-refractivity contribution in [2.24, 2.45) is 0 Å². The number of halogens is 2. The first-order valence-electron chi connectivity index (χ1n) is 9.17. The lowest BCUT2D eigenvalue weighted by Gasteiger charge is -2.09. The predicted molar refractivity (Wildman–Crippen MR) is 122 cm³/mol. The van der Waals surface area contributed by atoms with Gasteiger partial charge >= 0.3 is 0 Å². The summed E-state index contributed by atoms with van der Waals surface area (Å²) in [6.45, 7) is 1.72. The smallest absolute Gasteiger partial charge is 0.232 e. The van der Waals surface area contributed by atoms with Crippen molar-refractivity contribution in [1.29, 1.82) is 0 Å². The predicted octanol–water partition coefficient (Wildman–Crippen LogP) is 6.40. The highest BCUT2D eigenvalue weighted by Gasteiger charge is 2.30. The summed E-state index contributed by atoms with van der Waals surface area (Å²) in [4.78, 5) is 25.2. The standard InChI is InChI=1S/C24H16Br2O4/c1-14-10-18(29-13-20(27)15-6-8-17(25)9-7-15)12-21-23(14)24(28)22(30-21)11-16-4-2-3-5-19(16)26/h2-12H,13H2,1H3/b22-11-. The molecule has 4 rings (SSSR count). The third-order valence-electron chi connectivity index (χ3n) is 4.67. The maximum Gasteiger partial charge on any atom is 0.232 e. The van der Waals surface area contributed by atoms with E-state index in [4.69, 9.17) is 9.47 Å². The zero-order valence-electron chi connectivity index (χ0n) is 15.9. The summed E-state index contributed by atoms with van der Waals surface area (Å²) in [7, 11) is 0. The Morgan fingerprint density at radius 2 is 1.80 bits per heavy atom. The first kappa shape index (κ1) is 20.6. The van der Waals surface area contributed by atoms with E-state index in [2.05, 4.69) is 31.9 Å². The molecule has 0 fully saturated rings. The highest BCUT2D eigenvalue weighted by atomic mass is 79.9. The number of benzene rings is 3. The molecule has 4 nitrogen and oxygen atoms in total. The average molecular weight is 528 g/mol. The molecule has 0 aliphatic carbocycles. The van der Waals surface area contributed by atoms with Crippen LogP contribution in [0.25, 0.3) is 6.08 Å². The maximum atomic E-state index is 12.8. The van der Waals surface area contributed by atoms with Gasteiger partial charge in [0.15, 0.2) is 18.1 Å². The van der Waals surface area contributed by atoms with Crippen LogP contribution in [0.4, 0.5) is 0 Å². The van der Waals surface area contributed by atoms with E-state index < -0.39 is 0 Å². The summed E-state index contributed by atoms with van der Waals surface area (Å²) < 4.78 is 13.3. The Morgan fingerprint density at radius 1 is 1.07 bits per heavy atom. The highest BCUT2D eigenvalue weighted by Crippen LogP contribution is 2.38. The maximum absolute atomic E-state index is 12.8. The van der Waals surface area contributed by atoms with Gasteiger partial charge in [0.2, 0.25) is 5.78 Å². The Balaban J connectivity index is 1.53. The quantitative estimate of drug-likeness (QED) is 0.284. The molecule has 0 bridgehead atoms. The van der Waals surface area contributed by atoms with Crippen LogP contribution in [0.5, 0.6) is 11.5 Å². The van der Waals surface area contributed by atoms with Crippen molar-refractivity contribution in [1.82, 2.24) is 0 Å². The minimum atomic E-state index is -0.171. The Hall–Kier alpha value is -2.70. The van der Waals surface area contributed by atoms with E-state index in [-0.39, 0.29) is 23.9 Å². The highest BCUT2D eigenvalue weighted by molar-refractivity contribution is 9.10. The number of allylic oxidation sites excluding steroid dienone is 1. The number of fused-ring (bicyclic) bond motifs is 1. The van der Waals surface area contributed by atoms with Gasteiger partial charge in [0, 0.05) is 20.6 Å². The van der Waals surface area contributed by atoms with Crippen molar-refractivity contribution >= 4 is 49.5 Å². The molecule has 0 radical (unpaired) electrons. The molecule has 0 unspecified atom stereocenters. The van der Waals surface area contributed by atoms with E-state index in [0.717, 1.165) is 20.1 Å². The number of ether oxygens (including phenoxy) is 2. The van der Waals surface area contributed by atoms with Crippen molar-refractivity contribution < 1.29 is 19.1 Å². The van der Waals surface area contributed by atoms with Gasteiger partial charge in [-0.25, -0.2) is 0 Å². The van der Waals surface area contributed by atoms with Crippen LogP contribution in [-0.4, -0.2) is 18.2 Å². The summed E-state index contributed by atoms with van der Waals surface area (Å²) in [5.41, 5.74) is 2.67. The number of rotatable bonds is 5. The Labute approximate surface area is 190 Å². The minimum absolute atomic E-state index is 0.104. The normalized spacial score (nSPS) is 13.8. The van der Waals surface area contributed by atoms with Gasteiger partial charge < -0.3 is 9.47 Å². The van der Waals surface area contributed by atoms with Crippen molar-refractivity contribution in [3.63, 3.8) is 0 Å². The molecule has 0 saturated heterocycles. The van der Waals surface area contributed by atoms with E-state index in [1.807, 2.05) is 43.3 Å². The van der Waals surface area contributed by atoms with Gasteiger partial charge in [-0.3, -0.25) is 9.59 Å². The third kappa shape index (κ3) is 4.25. The fraction of sp³-hybridized carbons (Fsp3) is 0.0833. The van der Waals surface area contributed by atoms with Gasteiger partial charge in [-0.05, 0) is 48.4 Å². The van der Waals surface area contributed by atoms with Crippen LogP contribution in [0.3, 0.4) is 0 Å². The van der Waals surface area contributed by atoms with Crippen LogP contribution in [0.1, 0.15) is 31.8 Å². The number of hydrogen-bond acceptors (Lipinski definition) is 4. The van der Waals surface area contributed by atoms with Gasteiger partial charge in [0.1, 0.15) is 11.5 Å². The molecule has 30 heavy (non-hydrogen) atoms. The van der Waals surface area contributed by atoms with E-state index in [9.17, 15) is 9.59 Å². The molecule has 150 valence electrons. The van der Waals surface area contributed by atoms with Crippen LogP contribution >= 0.6 is 31.9 Å². The van der Waals surface area contributed by atoms with E-state index in [0.29, 0.717) is 22.6 Å². The van der Waals surface area contributed by atoms with Crippen LogP contribution in [0.2, 0.25) is 0 Å². The Morgan fingerprint density at radius 3 is 2.53 bits per heavy atom. The third-order valence-corrected chi connectivity index (χ3v) is 5.92. The lowest BCUT2D eigenvalue weighted by molar-refractivity contribution is 0.0920. The zero-order valence-corrected chi connectivity index (χ0v) is 19.1. The second-order valence-corrected chi connectivity index (χ2v) is 8.56. The summed E-state index contributed by atoms with van der Waals surface area (Å²) in [6, 6.07) is 18.1. The summed E-state index contributed by atoms with van der Waals surface area (Å²) >= 11 is 6.83. The lowest BCUT2D eigenvalue weighted by Crippen LogP contribution is -2.11. The van der Waals surface area contributed by atoms with Crippen LogP contribution < -0.4 is 9.47 Å². The van der Waals surface area contributed by atoms with Crippen LogP contribution in [0.15, 0.2) is 75.4 Å². The molecule has 0 saturated carbocycles. The SMILES string of the molecule is Cc1cc(OCC(=O)c2ccc(Br)cc2)cc2c1C(=O)/C(=C/c1ccccc1Br)O2. The average Bonchev–Trinajstić information content (AvgIpc) is 3.04. The summed E-state index contributed by atoms with van der Waals surface area (Å²) in [5, 5.41) is 0. The number of aryl methyl sites for hydroxylation is 1. The number of hydrogen-bond donors (Lipinski definition) is 0. The van der Waals surface area contributed by atoms with Gasteiger partial charge in [-0.2, -0.15) is 0 Å². The van der Waals surface area contributed by atoms with Gasteiger partial charge in [0.05, 0.1) is 5.56 Å². The molecule has 3 aromatic rings. The molecule has 0 N–H and O–H groups in total. The Kier molecular flexibility index (Phi) is 5.88. The lowest BCUT2D eigenvalue weighted by atomic mass is 10.0. The molecular weight excluding hydrogens is 512 g/mol. The topological polar surface area (TPSA) is 52.6 Å².